The monoisotopic (exact) mass is 184 g/mol. The molecule has 1 fully saturated rings. The quantitative estimate of drug-likeness (QED) is 0.473. The van der Waals surface area contributed by atoms with Gasteiger partial charge in [0.1, 0.15) is 6.10 Å². The van der Waals surface area contributed by atoms with E-state index in [4.69, 9.17) is 22.1 Å². The predicted molar refractivity (Wildman–Crippen MR) is 50.9 cm³/mol. The maximum atomic E-state index is 5.55. The summed E-state index contributed by atoms with van der Waals surface area (Å²) in [7, 11) is 5.33. The highest BCUT2D eigenvalue weighted by atomic mass is 16.7. The summed E-state index contributed by atoms with van der Waals surface area (Å²) < 4.78 is 16.3. The van der Waals surface area contributed by atoms with E-state index in [1.54, 1.807) is 0 Å². The minimum atomic E-state index is -0.443. The number of hydrogen-bond donors (Lipinski definition) is 0. The van der Waals surface area contributed by atoms with Gasteiger partial charge in [-0.15, -0.1) is 0 Å². The highest BCUT2D eigenvalue weighted by Crippen LogP contribution is 2.22. The van der Waals surface area contributed by atoms with E-state index in [9.17, 15) is 0 Å². The Morgan fingerprint density at radius 1 is 1.54 bits per heavy atom. The first kappa shape index (κ1) is 11.0. The van der Waals surface area contributed by atoms with Gasteiger partial charge in [-0.05, 0) is 20.3 Å². The van der Waals surface area contributed by atoms with Gasteiger partial charge in [0.15, 0.2) is 5.79 Å². The third-order valence-electron chi connectivity index (χ3n) is 1.86. The molecule has 0 N–H and O–H groups in total. The maximum absolute atomic E-state index is 5.55. The number of hydrogen-bond acceptors (Lipinski definition) is 3. The molecule has 74 valence electrons. The van der Waals surface area contributed by atoms with Gasteiger partial charge >= 0.3 is 0 Å². The normalized spacial score (nSPS) is 26.5. The van der Waals surface area contributed by atoms with E-state index in [1.807, 2.05) is 13.8 Å². The number of rotatable bonds is 5. The molecule has 3 nitrogen and oxygen atoms in total. The molecule has 1 rings (SSSR count). The second-order valence-corrected chi connectivity index (χ2v) is 3.67. The zero-order chi connectivity index (χ0) is 9.73. The third-order valence-corrected chi connectivity index (χ3v) is 1.86. The molecule has 2 radical (unpaired) electrons. The van der Waals surface area contributed by atoms with Crippen LogP contribution in [0.15, 0.2) is 0 Å². The predicted octanol–water partition coefficient (Wildman–Crippen LogP) is 1.13. The van der Waals surface area contributed by atoms with Crippen LogP contribution in [0, 0.1) is 0 Å². The summed E-state index contributed by atoms with van der Waals surface area (Å²) in [6.07, 6.45) is 1.65. The third kappa shape index (κ3) is 4.11. The lowest BCUT2D eigenvalue weighted by atomic mass is 10.0. The average molecular weight is 184 g/mol. The smallest absolute Gasteiger partial charge is 0.163 e. The Labute approximate surface area is 81.1 Å². The standard InChI is InChI=1S/C9H17BO3/c1-9(2)12-7-8(13-9)6-11-5-3-4-10/h8H,3-7H2,1-2H3/t8-/m1/s1. The molecule has 0 unspecified atom stereocenters. The summed E-state index contributed by atoms with van der Waals surface area (Å²) in [5.74, 6) is -0.443. The van der Waals surface area contributed by atoms with Crippen LogP contribution in [0.2, 0.25) is 6.32 Å². The van der Waals surface area contributed by atoms with E-state index in [0.717, 1.165) is 6.42 Å². The Hall–Kier alpha value is -0.0551. The molecule has 1 aliphatic heterocycles. The molecule has 13 heavy (non-hydrogen) atoms. The van der Waals surface area contributed by atoms with Gasteiger partial charge in [-0.2, -0.15) is 0 Å². The van der Waals surface area contributed by atoms with Crippen molar-refractivity contribution in [3.63, 3.8) is 0 Å². The van der Waals surface area contributed by atoms with Gasteiger partial charge in [-0.25, -0.2) is 0 Å². The van der Waals surface area contributed by atoms with Gasteiger partial charge in [0.05, 0.1) is 21.1 Å². The highest BCUT2D eigenvalue weighted by Gasteiger charge is 2.32. The van der Waals surface area contributed by atoms with E-state index in [2.05, 4.69) is 0 Å². The zero-order valence-electron chi connectivity index (χ0n) is 8.41. The minimum Gasteiger partial charge on any atom is -0.379 e. The Morgan fingerprint density at radius 3 is 2.85 bits per heavy atom. The van der Waals surface area contributed by atoms with Crippen LogP contribution >= 0.6 is 0 Å². The fraction of sp³-hybridized carbons (Fsp3) is 1.00. The van der Waals surface area contributed by atoms with Crippen LogP contribution in [0.3, 0.4) is 0 Å². The molecular weight excluding hydrogens is 167 g/mol. The van der Waals surface area contributed by atoms with Crippen LogP contribution in [0.5, 0.6) is 0 Å². The molecule has 0 bridgehead atoms. The van der Waals surface area contributed by atoms with E-state index >= 15 is 0 Å². The first-order chi connectivity index (χ1) is 6.14. The lowest BCUT2D eigenvalue weighted by Crippen LogP contribution is -2.24. The molecular formula is C9H17BO3. The van der Waals surface area contributed by atoms with Crippen LogP contribution in [0.4, 0.5) is 0 Å². The van der Waals surface area contributed by atoms with Crippen molar-refractivity contribution in [1.82, 2.24) is 0 Å². The van der Waals surface area contributed by atoms with E-state index in [0.29, 0.717) is 26.1 Å². The van der Waals surface area contributed by atoms with Crippen LogP contribution < -0.4 is 0 Å². The lowest BCUT2D eigenvalue weighted by molar-refractivity contribution is -0.145. The second kappa shape index (κ2) is 4.98. The van der Waals surface area contributed by atoms with Gasteiger partial charge in [0.2, 0.25) is 0 Å². The first-order valence-electron chi connectivity index (χ1n) is 4.73. The Bertz CT molecular complexity index is 150. The van der Waals surface area contributed by atoms with Crippen molar-refractivity contribution in [2.24, 2.45) is 0 Å². The summed E-state index contributed by atoms with van der Waals surface area (Å²) in [4.78, 5) is 0. The molecule has 0 spiro atoms. The summed E-state index contributed by atoms with van der Waals surface area (Å²) in [5, 5.41) is 0. The topological polar surface area (TPSA) is 27.7 Å². The molecule has 4 heteroatoms. The van der Waals surface area contributed by atoms with E-state index in [-0.39, 0.29) is 6.10 Å². The molecule has 1 saturated heterocycles. The summed E-state index contributed by atoms with van der Waals surface area (Å²) in [6.45, 7) is 5.75. The lowest BCUT2D eigenvalue weighted by Gasteiger charge is -2.16. The number of ether oxygens (including phenoxy) is 3. The second-order valence-electron chi connectivity index (χ2n) is 3.67. The fourth-order valence-corrected chi connectivity index (χ4v) is 1.25. The van der Waals surface area contributed by atoms with Gasteiger partial charge in [-0.3, -0.25) is 0 Å². The van der Waals surface area contributed by atoms with Crippen LogP contribution in [-0.4, -0.2) is 39.6 Å². The van der Waals surface area contributed by atoms with Crippen molar-refractivity contribution >= 4 is 7.85 Å². The molecule has 0 saturated carbocycles. The molecule has 1 atom stereocenters. The molecule has 0 amide bonds. The van der Waals surface area contributed by atoms with E-state index < -0.39 is 5.79 Å². The highest BCUT2D eigenvalue weighted by molar-refractivity contribution is 6.08. The Kier molecular flexibility index (Phi) is 4.23. The van der Waals surface area contributed by atoms with Crippen LogP contribution in [0.25, 0.3) is 0 Å². The van der Waals surface area contributed by atoms with Crippen molar-refractivity contribution in [2.75, 3.05) is 19.8 Å². The molecule has 1 aliphatic rings. The van der Waals surface area contributed by atoms with Crippen molar-refractivity contribution in [3.8, 4) is 0 Å². The van der Waals surface area contributed by atoms with Gasteiger partial charge < -0.3 is 14.2 Å². The minimum absolute atomic E-state index is 0.0766. The summed E-state index contributed by atoms with van der Waals surface area (Å²) >= 11 is 0. The Balaban J connectivity index is 2.04. The van der Waals surface area contributed by atoms with Crippen molar-refractivity contribution in [3.05, 3.63) is 0 Å². The Morgan fingerprint density at radius 2 is 2.31 bits per heavy atom. The SMILES string of the molecule is [B]CCCOC[C@@H]1COC(C)(C)O1. The fourth-order valence-electron chi connectivity index (χ4n) is 1.25. The zero-order valence-corrected chi connectivity index (χ0v) is 8.41. The van der Waals surface area contributed by atoms with Crippen molar-refractivity contribution in [2.45, 2.75) is 38.5 Å². The van der Waals surface area contributed by atoms with Gasteiger partial charge in [-0.1, -0.05) is 6.32 Å². The molecule has 0 aromatic rings. The maximum Gasteiger partial charge on any atom is 0.163 e. The average Bonchev–Trinajstić information content (AvgIpc) is 2.40. The molecule has 0 aromatic heterocycles. The van der Waals surface area contributed by atoms with Crippen molar-refractivity contribution in [1.29, 1.82) is 0 Å². The summed E-state index contributed by atoms with van der Waals surface area (Å²) in [6, 6.07) is 0. The molecule has 0 aliphatic carbocycles. The van der Waals surface area contributed by atoms with E-state index in [1.165, 1.54) is 0 Å². The van der Waals surface area contributed by atoms with Crippen molar-refractivity contribution < 1.29 is 14.2 Å². The van der Waals surface area contributed by atoms with Crippen LogP contribution in [-0.2, 0) is 14.2 Å². The van der Waals surface area contributed by atoms with Gasteiger partial charge in [0, 0.05) is 6.61 Å². The van der Waals surface area contributed by atoms with Gasteiger partial charge in [0.25, 0.3) is 0 Å². The molecule has 0 aromatic carbocycles. The molecule has 1 heterocycles. The first-order valence-corrected chi connectivity index (χ1v) is 4.73. The largest absolute Gasteiger partial charge is 0.379 e. The van der Waals surface area contributed by atoms with Crippen LogP contribution in [0.1, 0.15) is 20.3 Å². The summed E-state index contributed by atoms with van der Waals surface area (Å²) in [5.41, 5.74) is 0.